The van der Waals surface area contributed by atoms with Gasteiger partial charge in [-0.25, -0.2) is 0 Å². The lowest BCUT2D eigenvalue weighted by Gasteiger charge is -2.33. The Morgan fingerprint density at radius 3 is 2.67 bits per heavy atom. The van der Waals surface area contributed by atoms with Crippen LogP contribution in [0.4, 0.5) is 0 Å². The van der Waals surface area contributed by atoms with Crippen LogP contribution in [0, 0.1) is 0 Å². The van der Waals surface area contributed by atoms with Gasteiger partial charge in [-0.15, -0.1) is 0 Å². The van der Waals surface area contributed by atoms with Gasteiger partial charge in [0.05, 0.1) is 0 Å². The molecule has 1 atom stereocenters. The van der Waals surface area contributed by atoms with Gasteiger partial charge in [-0.3, -0.25) is 9.69 Å². The number of nitrogens with two attached hydrogens (primary N) is 1. The molecule has 3 N–H and O–H groups in total. The SMILES string of the molecule is NC(=O)C(c1ccc(Cl)cc1Br)N1CCNCC1. The normalized spacial score (nSPS) is 18.6. The Morgan fingerprint density at radius 2 is 2.11 bits per heavy atom. The van der Waals surface area contributed by atoms with Crippen molar-refractivity contribution in [1.82, 2.24) is 10.2 Å². The molecule has 1 fully saturated rings. The Hall–Kier alpha value is -0.620. The molecule has 1 saturated heterocycles. The smallest absolute Gasteiger partial charge is 0.239 e. The maximum Gasteiger partial charge on any atom is 0.239 e. The first-order valence-electron chi connectivity index (χ1n) is 5.78. The summed E-state index contributed by atoms with van der Waals surface area (Å²) >= 11 is 9.37. The third-order valence-corrected chi connectivity index (χ3v) is 3.97. The zero-order valence-corrected chi connectivity index (χ0v) is 12.2. The fourth-order valence-electron chi connectivity index (χ4n) is 2.19. The highest BCUT2D eigenvalue weighted by molar-refractivity contribution is 9.10. The topological polar surface area (TPSA) is 58.4 Å². The van der Waals surface area contributed by atoms with Gasteiger partial charge in [0.15, 0.2) is 0 Å². The summed E-state index contributed by atoms with van der Waals surface area (Å²) in [5, 5.41) is 3.89. The average Bonchev–Trinajstić information content (AvgIpc) is 2.33. The van der Waals surface area contributed by atoms with Gasteiger partial charge in [0.25, 0.3) is 0 Å². The summed E-state index contributed by atoms with van der Waals surface area (Å²) in [6.07, 6.45) is 0. The minimum atomic E-state index is -0.404. The van der Waals surface area contributed by atoms with Crippen LogP contribution in [-0.4, -0.2) is 37.0 Å². The van der Waals surface area contributed by atoms with Crippen LogP contribution in [0.25, 0.3) is 0 Å². The maximum atomic E-state index is 11.7. The lowest BCUT2D eigenvalue weighted by molar-refractivity contribution is -0.123. The van der Waals surface area contributed by atoms with E-state index < -0.39 is 6.04 Å². The van der Waals surface area contributed by atoms with Gasteiger partial charge >= 0.3 is 0 Å². The summed E-state index contributed by atoms with van der Waals surface area (Å²) in [6, 6.07) is 5.01. The monoisotopic (exact) mass is 331 g/mol. The molecule has 0 saturated carbocycles. The highest BCUT2D eigenvalue weighted by Crippen LogP contribution is 2.30. The van der Waals surface area contributed by atoms with Crippen molar-refractivity contribution in [2.45, 2.75) is 6.04 Å². The molecule has 1 heterocycles. The van der Waals surface area contributed by atoms with Crippen molar-refractivity contribution < 1.29 is 4.79 Å². The Kier molecular flexibility index (Phi) is 4.61. The van der Waals surface area contributed by atoms with Gasteiger partial charge < -0.3 is 11.1 Å². The molecule has 4 nitrogen and oxygen atoms in total. The molecule has 1 amide bonds. The van der Waals surface area contributed by atoms with Crippen molar-refractivity contribution in [2.24, 2.45) is 5.73 Å². The molecule has 0 radical (unpaired) electrons. The quantitative estimate of drug-likeness (QED) is 0.882. The predicted molar refractivity (Wildman–Crippen MR) is 75.5 cm³/mol. The average molecular weight is 333 g/mol. The molecule has 18 heavy (non-hydrogen) atoms. The Balaban J connectivity index is 2.31. The van der Waals surface area contributed by atoms with E-state index in [-0.39, 0.29) is 5.91 Å². The van der Waals surface area contributed by atoms with E-state index in [2.05, 4.69) is 26.1 Å². The number of carbonyl (C=O) groups excluding carboxylic acids is 1. The number of nitrogens with zero attached hydrogens (tertiary/aromatic N) is 1. The van der Waals surface area contributed by atoms with E-state index >= 15 is 0 Å². The Morgan fingerprint density at radius 1 is 1.44 bits per heavy atom. The summed E-state index contributed by atoms with van der Waals surface area (Å²) in [7, 11) is 0. The van der Waals surface area contributed by atoms with E-state index in [4.69, 9.17) is 17.3 Å². The van der Waals surface area contributed by atoms with Crippen LogP contribution in [0.15, 0.2) is 22.7 Å². The molecule has 1 aromatic carbocycles. The molecule has 1 unspecified atom stereocenters. The number of halogens is 2. The summed E-state index contributed by atoms with van der Waals surface area (Å²) in [5.41, 5.74) is 6.42. The van der Waals surface area contributed by atoms with Crippen LogP contribution in [0.5, 0.6) is 0 Å². The first-order valence-corrected chi connectivity index (χ1v) is 6.95. The highest BCUT2D eigenvalue weighted by Gasteiger charge is 2.28. The number of nitrogens with one attached hydrogen (secondary N) is 1. The molecule has 1 aromatic rings. The standard InChI is InChI=1S/C12H15BrClN3O/c13-10-7-8(14)1-2-9(10)11(12(15)18)17-5-3-16-4-6-17/h1-2,7,11,16H,3-6H2,(H2,15,18). The second-order valence-corrected chi connectivity index (χ2v) is 5.55. The second kappa shape index (κ2) is 6.02. The van der Waals surface area contributed by atoms with Crippen molar-refractivity contribution in [3.8, 4) is 0 Å². The van der Waals surface area contributed by atoms with Gasteiger partial charge in [0.1, 0.15) is 6.04 Å². The predicted octanol–water partition coefficient (Wildman–Crippen LogP) is 1.53. The number of hydrogen-bond donors (Lipinski definition) is 2. The molecule has 0 aliphatic carbocycles. The molecule has 98 valence electrons. The third kappa shape index (κ3) is 3.03. The van der Waals surface area contributed by atoms with Crippen LogP contribution < -0.4 is 11.1 Å². The van der Waals surface area contributed by atoms with Gasteiger partial charge in [-0.05, 0) is 17.7 Å². The number of hydrogen-bond acceptors (Lipinski definition) is 3. The molecule has 0 bridgehead atoms. The van der Waals surface area contributed by atoms with E-state index in [1.54, 1.807) is 12.1 Å². The van der Waals surface area contributed by atoms with Crippen LogP contribution in [0.1, 0.15) is 11.6 Å². The van der Waals surface area contributed by atoms with Crippen molar-refractivity contribution >= 4 is 33.4 Å². The molecule has 1 aliphatic rings. The van der Waals surface area contributed by atoms with Gasteiger partial charge in [0, 0.05) is 35.7 Å². The first kappa shape index (κ1) is 13.8. The number of carbonyl (C=O) groups is 1. The number of piperazine rings is 1. The lowest BCUT2D eigenvalue weighted by atomic mass is 10.0. The largest absolute Gasteiger partial charge is 0.368 e. The summed E-state index contributed by atoms with van der Waals surface area (Å²) in [5.74, 6) is -0.333. The first-order chi connectivity index (χ1) is 8.59. The molecule has 2 rings (SSSR count). The van der Waals surface area contributed by atoms with E-state index in [9.17, 15) is 4.79 Å². The Bertz CT molecular complexity index is 449. The van der Waals surface area contributed by atoms with Crippen LogP contribution in [0.2, 0.25) is 5.02 Å². The molecule has 0 spiro atoms. The van der Waals surface area contributed by atoms with Gasteiger partial charge in [-0.2, -0.15) is 0 Å². The zero-order chi connectivity index (χ0) is 13.1. The van der Waals surface area contributed by atoms with E-state index in [0.29, 0.717) is 5.02 Å². The number of benzene rings is 1. The maximum absolute atomic E-state index is 11.7. The van der Waals surface area contributed by atoms with Crippen molar-refractivity contribution in [3.63, 3.8) is 0 Å². The molecular formula is C12H15BrClN3O. The van der Waals surface area contributed by atoms with Crippen LogP contribution >= 0.6 is 27.5 Å². The van der Waals surface area contributed by atoms with Gasteiger partial charge in [0.2, 0.25) is 5.91 Å². The molecule has 0 aromatic heterocycles. The zero-order valence-electron chi connectivity index (χ0n) is 9.83. The number of amides is 1. The fraction of sp³-hybridized carbons (Fsp3) is 0.417. The lowest BCUT2D eigenvalue weighted by Crippen LogP contribution is -2.48. The Labute approximate surface area is 120 Å². The minimum absolute atomic E-state index is 0.333. The van der Waals surface area contributed by atoms with E-state index in [1.807, 2.05) is 6.07 Å². The summed E-state index contributed by atoms with van der Waals surface area (Å²) in [4.78, 5) is 13.8. The molecule has 6 heteroatoms. The molecular weight excluding hydrogens is 318 g/mol. The number of rotatable bonds is 3. The van der Waals surface area contributed by atoms with Crippen molar-refractivity contribution in [3.05, 3.63) is 33.3 Å². The second-order valence-electron chi connectivity index (χ2n) is 4.26. The van der Waals surface area contributed by atoms with Crippen LogP contribution in [0.3, 0.4) is 0 Å². The third-order valence-electron chi connectivity index (χ3n) is 3.04. The van der Waals surface area contributed by atoms with Crippen molar-refractivity contribution in [1.29, 1.82) is 0 Å². The minimum Gasteiger partial charge on any atom is -0.368 e. The number of primary amides is 1. The molecule has 1 aliphatic heterocycles. The summed E-state index contributed by atoms with van der Waals surface area (Å²) < 4.78 is 0.817. The summed E-state index contributed by atoms with van der Waals surface area (Å²) in [6.45, 7) is 3.36. The van der Waals surface area contributed by atoms with Gasteiger partial charge in [-0.1, -0.05) is 33.6 Å². The van der Waals surface area contributed by atoms with E-state index in [0.717, 1.165) is 36.2 Å². The highest BCUT2D eigenvalue weighted by atomic mass is 79.9. The fourth-order valence-corrected chi connectivity index (χ4v) is 3.09. The van der Waals surface area contributed by atoms with E-state index in [1.165, 1.54) is 0 Å². The van der Waals surface area contributed by atoms with Crippen molar-refractivity contribution in [2.75, 3.05) is 26.2 Å². The van der Waals surface area contributed by atoms with Crippen LogP contribution in [-0.2, 0) is 4.79 Å².